The van der Waals surface area contributed by atoms with Crippen LogP contribution >= 0.6 is 27.5 Å². The van der Waals surface area contributed by atoms with E-state index in [1.54, 1.807) is 0 Å². The molecule has 0 heterocycles. The van der Waals surface area contributed by atoms with Gasteiger partial charge in [0.1, 0.15) is 0 Å². The summed E-state index contributed by atoms with van der Waals surface area (Å²) in [5, 5.41) is 4.21. The molecule has 0 unspecified atom stereocenters. The summed E-state index contributed by atoms with van der Waals surface area (Å²) in [7, 11) is 0. The number of hydrogen-bond donors (Lipinski definition) is 1. The molecule has 2 aromatic carbocycles. The van der Waals surface area contributed by atoms with Gasteiger partial charge in [0, 0.05) is 21.7 Å². The van der Waals surface area contributed by atoms with E-state index in [1.807, 2.05) is 18.2 Å². The van der Waals surface area contributed by atoms with Crippen LogP contribution in [0.15, 0.2) is 40.9 Å². The van der Waals surface area contributed by atoms with Crippen LogP contribution < -0.4 is 5.32 Å². The molecular formula is C15H15BrClN. The van der Waals surface area contributed by atoms with Crippen molar-refractivity contribution in [2.75, 3.05) is 5.32 Å². The maximum absolute atomic E-state index is 6.17. The Morgan fingerprint density at radius 2 is 1.89 bits per heavy atom. The molecule has 0 amide bonds. The first-order valence-corrected chi connectivity index (χ1v) is 6.98. The minimum Gasteiger partial charge on any atom is -0.381 e. The molecule has 1 nitrogen and oxygen atoms in total. The van der Waals surface area contributed by atoms with Crippen LogP contribution in [0.1, 0.15) is 16.7 Å². The Morgan fingerprint density at radius 3 is 2.61 bits per heavy atom. The topological polar surface area (TPSA) is 12.0 Å². The van der Waals surface area contributed by atoms with Crippen molar-refractivity contribution >= 4 is 33.2 Å². The molecule has 2 aromatic rings. The van der Waals surface area contributed by atoms with E-state index in [9.17, 15) is 0 Å². The second-order valence-corrected chi connectivity index (χ2v) is 5.73. The van der Waals surface area contributed by atoms with E-state index in [-0.39, 0.29) is 0 Å². The van der Waals surface area contributed by atoms with Gasteiger partial charge in [0.05, 0.1) is 0 Å². The van der Waals surface area contributed by atoms with E-state index in [0.29, 0.717) is 0 Å². The molecule has 0 bridgehead atoms. The van der Waals surface area contributed by atoms with Crippen molar-refractivity contribution in [2.24, 2.45) is 0 Å². The Morgan fingerprint density at radius 1 is 1.11 bits per heavy atom. The van der Waals surface area contributed by atoms with Crippen LogP contribution in [-0.4, -0.2) is 0 Å². The van der Waals surface area contributed by atoms with Crippen molar-refractivity contribution in [3.05, 3.63) is 62.6 Å². The summed E-state index contributed by atoms with van der Waals surface area (Å²) < 4.78 is 1.05. The molecule has 0 fully saturated rings. The van der Waals surface area contributed by atoms with Crippen LogP contribution in [0.4, 0.5) is 5.69 Å². The molecule has 0 saturated heterocycles. The molecule has 0 aliphatic rings. The lowest BCUT2D eigenvalue weighted by Crippen LogP contribution is -2.01. The summed E-state index contributed by atoms with van der Waals surface area (Å²) in [5.41, 5.74) is 4.77. The van der Waals surface area contributed by atoms with E-state index in [2.05, 4.69) is 53.3 Å². The van der Waals surface area contributed by atoms with Gasteiger partial charge in [0.15, 0.2) is 0 Å². The smallest absolute Gasteiger partial charge is 0.0456 e. The molecule has 0 saturated carbocycles. The lowest BCUT2D eigenvalue weighted by atomic mass is 10.1. The molecule has 94 valence electrons. The minimum absolute atomic E-state index is 0.724. The van der Waals surface area contributed by atoms with Crippen LogP contribution in [0.25, 0.3) is 0 Å². The van der Waals surface area contributed by atoms with Crippen molar-refractivity contribution in [3.63, 3.8) is 0 Å². The Bertz CT molecular complexity index is 566. The SMILES string of the molecule is Cc1ccc(NCc2cc(Br)ccc2Cl)c(C)c1. The normalized spacial score (nSPS) is 10.4. The van der Waals surface area contributed by atoms with Crippen molar-refractivity contribution in [1.29, 1.82) is 0 Å². The lowest BCUT2D eigenvalue weighted by molar-refractivity contribution is 1.13. The van der Waals surface area contributed by atoms with Crippen LogP contribution in [0.5, 0.6) is 0 Å². The lowest BCUT2D eigenvalue weighted by Gasteiger charge is -2.11. The highest BCUT2D eigenvalue weighted by molar-refractivity contribution is 9.10. The van der Waals surface area contributed by atoms with Crippen LogP contribution in [0.2, 0.25) is 5.02 Å². The Balaban J connectivity index is 2.13. The number of aryl methyl sites for hydroxylation is 2. The Kier molecular flexibility index (Phi) is 4.31. The highest BCUT2D eigenvalue weighted by Crippen LogP contribution is 2.23. The van der Waals surface area contributed by atoms with Gasteiger partial charge in [-0.25, -0.2) is 0 Å². The second kappa shape index (κ2) is 5.77. The summed E-state index contributed by atoms with van der Waals surface area (Å²) >= 11 is 9.63. The molecule has 0 atom stereocenters. The van der Waals surface area contributed by atoms with E-state index >= 15 is 0 Å². The number of rotatable bonds is 3. The molecule has 0 aromatic heterocycles. The van der Waals surface area contributed by atoms with Crippen LogP contribution in [0.3, 0.4) is 0 Å². The van der Waals surface area contributed by atoms with E-state index < -0.39 is 0 Å². The zero-order valence-electron chi connectivity index (χ0n) is 10.4. The number of benzene rings is 2. The van der Waals surface area contributed by atoms with Crippen LogP contribution in [0, 0.1) is 13.8 Å². The molecule has 0 spiro atoms. The van der Waals surface area contributed by atoms with Crippen molar-refractivity contribution < 1.29 is 0 Å². The van der Waals surface area contributed by atoms with Gasteiger partial charge in [-0.2, -0.15) is 0 Å². The first kappa shape index (κ1) is 13.4. The van der Waals surface area contributed by atoms with Gasteiger partial charge in [0.25, 0.3) is 0 Å². The zero-order valence-corrected chi connectivity index (χ0v) is 12.8. The van der Waals surface area contributed by atoms with Gasteiger partial charge in [-0.15, -0.1) is 0 Å². The zero-order chi connectivity index (χ0) is 13.1. The molecule has 0 aliphatic carbocycles. The average molecular weight is 325 g/mol. The van der Waals surface area contributed by atoms with Gasteiger partial charge in [0.2, 0.25) is 0 Å². The summed E-state index contributed by atoms with van der Waals surface area (Å²) in [5.74, 6) is 0. The highest BCUT2D eigenvalue weighted by Gasteiger charge is 2.03. The summed E-state index contributed by atoms with van der Waals surface area (Å²) in [4.78, 5) is 0. The van der Waals surface area contributed by atoms with Gasteiger partial charge < -0.3 is 5.32 Å². The summed E-state index contributed by atoms with van der Waals surface area (Å²) in [6, 6.07) is 12.3. The molecular weight excluding hydrogens is 310 g/mol. The van der Waals surface area contributed by atoms with Crippen molar-refractivity contribution in [3.8, 4) is 0 Å². The predicted octanol–water partition coefficient (Wildman–Crippen LogP) is 5.33. The third-order valence-corrected chi connectivity index (χ3v) is 3.72. The third-order valence-electron chi connectivity index (χ3n) is 2.86. The Hall–Kier alpha value is -0.990. The average Bonchev–Trinajstić information content (AvgIpc) is 2.32. The Labute approximate surface area is 121 Å². The van der Waals surface area contributed by atoms with Gasteiger partial charge in [-0.3, -0.25) is 0 Å². The number of halogens is 2. The fraction of sp³-hybridized carbons (Fsp3) is 0.200. The standard InChI is InChI=1S/C15H15BrClN/c1-10-3-6-15(11(2)7-10)18-9-12-8-13(16)4-5-14(12)17/h3-8,18H,9H2,1-2H3. The van der Waals surface area contributed by atoms with E-state index in [0.717, 1.165) is 27.3 Å². The molecule has 0 radical (unpaired) electrons. The molecule has 1 N–H and O–H groups in total. The van der Waals surface area contributed by atoms with Crippen molar-refractivity contribution in [1.82, 2.24) is 0 Å². The molecule has 0 aliphatic heterocycles. The highest BCUT2D eigenvalue weighted by atomic mass is 79.9. The number of hydrogen-bond acceptors (Lipinski definition) is 1. The second-order valence-electron chi connectivity index (χ2n) is 4.41. The largest absolute Gasteiger partial charge is 0.381 e. The van der Waals surface area contributed by atoms with Gasteiger partial charge in [-0.1, -0.05) is 45.2 Å². The number of anilines is 1. The summed E-state index contributed by atoms with van der Waals surface area (Å²) in [6.45, 7) is 4.93. The molecule has 18 heavy (non-hydrogen) atoms. The maximum atomic E-state index is 6.17. The summed E-state index contributed by atoms with van der Waals surface area (Å²) in [6.07, 6.45) is 0. The third kappa shape index (κ3) is 3.27. The van der Waals surface area contributed by atoms with E-state index in [1.165, 1.54) is 11.1 Å². The van der Waals surface area contributed by atoms with Crippen LogP contribution in [-0.2, 0) is 6.54 Å². The first-order valence-electron chi connectivity index (χ1n) is 5.81. The fourth-order valence-electron chi connectivity index (χ4n) is 1.88. The predicted molar refractivity (Wildman–Crippen MR) is 82.4 cm³/mol. The maximum Gasteiger partial charge on any atom is 0.0456 e. The van der Waals surface area contributed by atoms with Gasteiger partial charge in [-0.05, 0) is 49.2 Å². The quantitative estimate of drug-likeness (QED) is 0.804. The monoisotopic (exact) mass is 323 g/mol. The minimum atomic E-state index is 0.724. The molecule has 3 heteroatoms. The van der Waals surface area contributed by atoms with E-state index in [4.69, 9.17) is 11.6 Å². The van der Waals surface area contributed by atoms with Gasteiger partial charge >= 0.3 is 0 Å². The molecule has 2 rings (SSSR count). The first-order chi connectivity index (χ1) is 8.56. The van der Waals surface area contributed by atoms with Crippen molar-refractivity contribution in [2.45, 2.75) is 20.4 Å². The number of nitrogens with one attached hydrogen (secondary N) is 1. The fourth-order valence-corrected chi connectivity index (χ4v) is 2.47.